The molecule has 1 atom stereocenters. The predicted octanol–water partition coefficient (Wildman–Crippen LogP) is 1.94. The highest BCUT2D eigenvalue weighted by molar-refractivity contribution is 5.76. The maximum absolute atomic E-state index is 11.4. The van der Waals surface area contributed by atoms with Crippen LogP contribution in [0.5, 0.6) is 0 Å². The Morgan fingerprint density at radius 2 is 2.39 bits per heavy atom. The van der Waals surface area contributed by atoms with Gasteiger partial charge in [0, 0.05) is 5.56 Å². The Balaban J connectivity index is 2.25. The van der Waals surface area contributed by atoms with E-state index in [1.807, 2.05) is 0 Å². The molecule has 0 radical (unpaired) electrons. The van der Waals surface area contributed by atoms with Gasteiger partial charge in [0.25, 0.3) is 0 Å². The Morgan fingerprint density at radius 1 is 1.56 bits per heavy atom. The van der Waals surface area contributed by atoms with E-state index in [0.29, 0.717) is 17.0 Å². The third-order valence-electron chi connectivity index (χ3n) is 2.39. The van der Waals surface area contributed by atoms with Crippen molar-refractivity contribution in [1.29, 1.82) is 0 Å². The number of ether oxygens (including phenoxy) is 1. The Labute approximate surface area is 104 Å². The Hall–Kier alpha value is -2.14. The van der Waals surface area contributed by atoms with Crippen LogP contribution in [0.3, 0.4) is 0 Å². The number of hydrogen-bond donors (Lipinski definition) is 1. The number of nitrogens with zero attached hydrogens (tertiary/aromatic N) is 1. The van der Waals surface area contributed by atoms with Crippen molar-refractivity contribution in [3.05, 3.63) is 42.3 Å². The number of aliphatic hydroxyl groups excluding tert-OH is 1. The van der Waals surface area contributed by atoms with Crippen LogP contribution in [0.2, 0.25) is 0 Å². The van der Waals surface area contributed by atoms with Gasteiger partial charge >= 0.3 is 5.97 Å². The van der Waals surface area contributed by atoms with Crippen molar-refractivity contribution in [2.24, 2.45) is 0 Å². The molecule has 0 aliphatic heterocycles. The second-order valence-corrected chi connectivity index (χ2v) is 3.62. The van der Waals surface area contributed by atoms with Gasteiger partial charge in [-0.15, -0.1) is 0 Å². The number of aliphatic hydroxyl groups is 1. The maximum atomic E-state index is 11.4. The average molecular weight is 247 g/mol. The van der Waals surface area contributed by atoms with E-state index < -0.39 is 12.1 Å². The Kier molecular flexibility index (Phi) is 3.74. The summed E-state index contributed by atoms with van der Waals surface area (Å²) in [4.78, 5) is 15.4. The van der Waals surface area contributed by atoms with Gasteiger partial charge in [0.05, 0.1) is 12.8 Å². The minimum absolute atomic E-state index is 0.231. The summed E-state index contributed by atoms with van der Waals surface area (Å²) in [6, 6.07) is 6.80. The number of esters is 1. The molecule has 0 bridgehead atoms. The van der Waals surface area contributed by atoms with Gasteiger partial charge < -0.3 is 14.3 Å². The van der Waals surface area contributed by atoms with Crippen LogP contribution in [0, 0.1) is 0 Å². The first-order chi connectivity index (χ1) is 8.72. The van der Waals surface area contributed by atoms with Crippen molar-refractivity contribution in [1.82, 2.24) is 4.98 Å². The molecule has 0 saturated carbocycles. The number of carbonyl (C=O) groups is 1. The van der Waals surface area contributed by atoms with Gasteiger partial charge in [0.15, 0.2) is 6.10 Å². The second kappa shape index (κ2) is 5.46. The van der Waals surface area contributed by atoms with Crippen molar-refractivity contribution < 1.29 is 19.1 Å². The van der Waals surface area contributed by atoms with Crippen molar-refractivity contribution in [3.8, 4) is 11.5 Å². The van der Waals surface area contributed by atoms with Crippen LogP contribution in [0.4, 0.5) is 0 Å². The first kappa shape index (κ1) is 12.3. The van der Waals surface area contributed by atoms with Gasteiger partial charge in [-0.3, -0.25) is 0 Å². The first-order valence-corrected chi connectivity index (χ1v) is 5.57. The molecule has 2 aromatic rings. The number of carbonyl (C=O) groups excluding carboxylic acids is 1. The molecule has 0 amide bonds. The lowest BCUT2D eigenvalue weighted by Crippen LogP contribution is -2.15. The molecule has 0 spiro atoms. The summed E-state index contributed by atoms with van der Waals surface area (Å²) in [7, 11) is 0. The monoisotopic (exact) mass is 247 g/mol. The van der Waals surface area contributed by atoms with E-state index in [1.54, 1.807) is 31.2 Å². The summed E-state index contributed by atoms with van der Waals surface area (Å²) >= 11 is 0. The lowest BCUT2D eigenvalue weighted by molar-refractivity contribution is -0.153. The zero-order valence-electron chi connectivity index (χ0n) is 9.87. The molecular weight excluding hydrogens is 234 g/mol. The third-order valence-corrected chi connectivity index (χ3v) is 2.39. The van der Waals surface area contributed by atoms with Gasteiger partial charge in [0.2, 0.25) is 5.89 Å². The second-order valence-electron chi connectivity index (χ2n) is 3.62. The van der Waals surface area contributed by atoms with Gasteiger partial charge in [0.1, 0.15) is 6.26 Å². The molecule has 0 saturated heterocycles. The topological polar surface area (TPSA) is 72.6 Å². The van der Waals surface area contributed by atoms with Gasteiger partial charge in [-0.1, -0.05) is 12.1 Å². The average Bonchev–Trinajstić information content (AvgIpc) is 2.92. The summed E-state index contributed by atoms with van der Waals surface area (Å²) < 4.78 is 9.91. The van der Waals surface area contributed by atoms with E-state index in [1.165, 1.54) is 12.5 Å². The molecule has 94 valence electrons. The smallest absolute Gasteiger partial charge is 0.339 e. The van der Waals surface area contributed by atoms with Crippen LogP contribution in [0.15, 0.2) is 41.1 Å². The minimum atomic E-state index is -1.29. The van der Waals surface area contributed by atoms with Crippen LogP contribution in [-0.4, -0.2) is 22.7 Å². The molecule has 1 aromatic heterocycles. The van der Waals surface area contributed by atoms with Crippen LogP contribution in [0.25, 0.3) is 11.5 Å². The van der Waals surface area contributed by atoms with Crippen molar-refractivity contribution in [3.63, 3.8) is 0 Å². The number of aromatic nitrogens is 1. The van der Waals surface area contributed by atoms with E-state index in [-0.39, 0.29) is 6.61 Å². The van der Waals surface area contributed by atoms with Crippen LogP contribution >= 0.6 is 0 Å². The van der Waals surface area contributed by atoms with Crippen LogP contribution in [0.1, 0.15) is 18.6 Å². The van der Waals surface area contributed by atoms with Gasteiger partial charge in [-0.05, 0) is 24.6 Å². The van der Waals surface area contributed by atoms with Crippen molar-refractivity contribution >= 4 is 5.97 Å². The zero-order chi connectivity index (χ0) is 13.0. The molecule has 1 N–H and O–H groups in total. The summed E-state index contributed by atoms with van der Waals surface area (Å²) in [6.45, 7) is 1.92. The highest BCUT2D eigenvalue weighted by Gasteiger charge is 2.19. The number of oxazole rings is 1. The van der Waals surface area contributed by atoms with Gasteiger partial charge in [-0.2, -0.15) is 0 Å². The van der Waals surface area contributed by atoms with Crippen molar-refractivity contribution in [2.75, 3.05) is 6.61 Å². The molecular formula is C13H13NO4. The lowest BCUT2D eigenvalue weighted by Gasteiger charge is -2.10. The molecule has 0 aliphatic rings. The molecule has 5 heteroatoms. The normalized spacial score (nSPS) is 12.1. The molecule has 18 heavy (non-hydrogen) atoms. The van der Waals surface area contributed by atoms with Crippen molar-refractivity contribution in [2.45, 2.75) is 13.0 Å². The summed E-state index contributed by atoms with van der Waals surface area (Å²) in [5.74, 6) is -0.227. The van der Waals surface area contributed by atoms with Crippen LogP contribution < -0.4 is 0 Å². The predicted molar refractivity (Wildman–Crippen MR) is 63.5 cm³/mol. The van der Waals surface area contributed by atoms with E-state index in [4.69, 9.17) is 9.15 Å². The Bertz CT molecular complexity index is 522. The quantitative estimate of drug-likeness (QED) is 0.836. The maximum Gasteiger partial charge on any atom is 0.339 e. The molecule has 1 heterocycles. The number of benzene rings is 1. The number of rotatable bonds is 4. The summed E-state index contributed by atoms with van der Waals surface area (Å²) in [5, 5.41) is 9.82. The standard InChI is InChI=1S/C13H13NO4/c1-2-17-13(16)11(15)9-4-3-5-10(8-9)12-14-6-7-18-12/h3-8,11,15H,2H2,1H3. The largest absolute Gasteiger partial charge is 0.464 e. The minimum Gasteiger partial charge on any atom is -0.464 e. The fraction of sp³-hybridized carbons (Fsp3) is 0.231. The van der Waals surface area contributed by atoms with E-state index in [9.17, 15) is 9.90 Å². The fourth-order valence-electron chi connectivity index (χ4n) is 1.57. The zero-order valence-corrected chi connectivity index (χ0v) is 9.87. The highest BCUT2D eigenvalue weighted by atomic mass is 16.5. The molecule has 1 aromatic carbocycles. The molecule has 0 aliphatic carbocycles. The lowest BCUT2D eigenvalue weighted by atomic mass is 10.1. The van der Waals surface area contributed by atoms with Crippen LogP contribution in [-0.2, 0) is 9.53 Å². The third kappa shape index (κ3) is 2.57. The van der Waals surface area contributed by atoms with E-state index in [0.717, 1.165) is 0 Å². The molecule has 0 fully saturated rings. The molecule has 2 rings (SSSR count). The molecule has 5 nitrogen and oxygen atoms in total. The first-order valence-electron chi connectivity index (χ1n) is 5.57. The Morgan fingerprint density at radius 3 is 3.06 bits per heavy atom. The molecule has 1 unspecified atom stereocenters. The fourth-order valence-corrected chi connectivity index (χ4v) is 1.57. The summed E-state index contributed by atoms with van der Waals surface area (Å²) in [6.07, 6.45) is 1.70. The SMILES string of the molecule is CCOC(=O)C(O)c1cccc(-c2ncco2)c1. The van der Waals surface area contributed by atoms with Gasteiger partial charge in [-0.25, -0.2) is 9.78 Å². The van der Waals surface area contributed by atoms with E-state index in [2.05, 4.69) is 4.98 Å². The summed E-state index contributed by atoms with van der Waals surface area (Å²) in [5.41, 5.74) is 1.14. The highest BCUT2D eigenvalue weighted by Crippen LogP contribution is 2.22. The number of hydrogen-bond acceptors (Lipinski definition) is 5. The van der Waals surface area contributed by atoms with E-state index >= 15 is 0 Å².